The van der Waals surface area contributed by atoms with Gasteiger partial charge in [-0.05, 0) is 68.5 Å². The van der Waals surface area contributed by atoms with Crippen molar-refractivity contribution in [3.05, 3.63) is 59.9 Å². The van der Waals surface area contributed by atoms with Crippen molar-refractivity contribution in [3.63, 3.8) is 0 Å². The van der Waals surface area contributed by atoms with Gasteiger partial charge in [0.1, 0.15) is 24.0 Å². The molecule has 0 aliphatic heterocycles. The zero-order valence-corrected chi connectivity index (χ0v) is 21.0. The van der Waals surface area contributed by atoms with Gasteiger partial charge >= 0.3 is 12.2 Å². The summed E-state index contributed by atoms with van der Waals surface area (Å²) in [6.45, 7) is 9.99. The summed E-state index contributed by atoms with van der Waals surface area (Å²) in [7, 11) is 0. The number of aromatic nitrogens is 1. The van der Waals surface area contributed by atoms with E-state index in [1.54, 1.807) is 69.6 Å². The van der Waals surface area contributed by atoms with Crippen LogP contribution >= 0.6 is 0 Å². The maximum absolute atomic E-state index is 12.8. The minimum Gasteiger partial charge on any atom is -0.444 e. The number of alkyl carbamates (subject to hydrolysis) is 1. The van der Waals surface area contributed by atoms with Crippen LogP contribution in [0.25, 0.3) is 0 Å². The maximum Gasteiger partial charge on any atom is 0.514 e. The molecule has 190 valence electrons. The van der Waals surface area contributed by atoms with Crippen molar-refractivity contribution < 1.29 is 28.6 Å². The van der Waals surface area contributed by atoms with Crippen molar-refractivity contribution in [2.75, 3.05) is 6.54 Å². The Morgan fingerprint density at radius 3 is 2.23 bits per heavy atom. The van der Waals surface area contributed by atoms with Gasteiger partial charge in [-0.2, -0.15) is 0 Å². The van der Waals surface area contributed by atoms with E-state index < -0.39 is 23.9 Å². The molecule has 2 amide bonds. The van der Waals surface area contributed by atoms with Crippen LogP contribution in [-0.2, 0) is 27.3 Å². The summed E-state index contributed by atoms with van der Waals surface area (Å²) in [6, 6.07) is 9.29. The Hall–Kier alpha value is -3.62. The molecule has 0 radical (unpaired) electrons. The van der Waals surface area contributed by atoms with E-state index >= 15 is 0 Å². The van der Waals surface area contributed by atoms with Gasteiger partial charge in [0.05, 0.1) is 0 Å². The van der Waals surface area contributed by atoms with Gasteiger partial charge in [0, 0.05) is 25.4 Å². The summed E-state index contributed by atoms with van der Waals surface area (Å²) < 4.78 is 15.6. The van der Waals surface area contributed by atoms with Gasteiger partial charge in [-0.25, -0.2) is 9.59 Å². The fourth-order valence-electron chi connectivity index (χ4n) is 2.94. The predicted octanol–water partition coefficient (Wildman–Crippen LogP) is 4.40. The van der Waals surface area contributed by atoms with Crippen molar-refractivity contribution in [1.29, 1.82) is 0 Å². The Labute approximate surface area is 206 Å². The third kappa shape index (κ3) is 11.4. The number of hydrogen-bond donors (Lipinski definition) is 2. The minimum atomic E-state index is -0.830. The monoisotopic (exact) mass is 485 g/mol. The Morgan fingerprint density at radius 1 is 0.971 bits per heavy atom. The molecule has 0 unspecified atom stereocenters. The minimum absolute atomic E-state index is 0.0728. The summed E-state index contributed by atoms with van der Waals surface area (Å²) in [5, 5.41) is 5.52. The highest BCUT2D eigenvalue weighted by molar-refractivity contribution is 5.86. The van der Waals surface area contributed by atoms with Crippen molar-refractivity contribution in [3.8, 4) is 5.75 Å². The van der Waals surface area contributed by atoms with Crippen molar-refractivity contribution in [1.82, 2.24) is 15.6 Å². The molecule has 9 nitrogen and oxygen atoms in total. The van der Waals surface area contributed by atoms with E-state index in [0.29, 0.717) is 18.2 Å². The molecule has 0 aliphatic carbocycles. The van der Waals surface area contributed by atoms with E-state index in [-0.39, 0.29) is 18.9 Å². The van der Waals surface area contributed by atoms with E-state index in [1.165, 1.54) is 0 Å². The lowest BCUT2D eigenvalue weighted by molar-refractivity contribution is -0.123. The number of benzene rings is 1. The first-order chi connectivity index (χ1) is 16.5. The standard InChI is InChI=1S/C26H35N3O6/c1-18(2)10-15-28-23(30)22(29-24(31)35-26(3,4)5)16-19-6-8-21(9-7-19)34-25(32)33-17-20-11-13-27-14-12-20/h6-9,11-14,18,22H,10,15-17H2,1-5H3,(H,28,30)(H,29,31)/t22-/m0/s1. The summed E-state index contributed by atoms with van der Waals surface area (Å²) in [6.07, 6.45) is 2.78. The molecule has 0 bridgehead atoms. The largest absolute Gasteiger partial charge is 0.514 e. The highest BCUT2D eigenvalue weighted by Crippen LogP contribution is 2.15. The fourth-order valence-corrected chi connectivity index (χ4v) is 2.94. The molecule has 1 aromatic carbocycles. The third-order valence-electron chi connectivity index (χ3n) is 4.70. The summed E-state index contributed by atoms with van der Waals surface area (Å²) in [5.41, 5.74) is 0.873. The lowest BCUT2D eigenvalue weighted by Crippen LogP contribution is -2.49. The number of amides is 2. The van der Waals surface area contributed by atoms with E-state index in [4.69, 9.17) is 14.2 Å². The molecule has 2 aromatic rings. The Morgan fingerprint density at radius 2 is 1.63 bits per heavy atom. The van der Waals surface area contributed by atoms with Crippen LogP contribution in [0.5, 0.6) is 5.75 Å². The molecule has 1 aromatic heterocycles. The highest BCUT2D eigenvalue weighted by Gasteiger charge is 2.24. The Balaban J connectivity index is 1.96. The number of carbonyl (C=O) groups is 3. The molecule has 35 heavy (non-hydrogen) atoms. The summed E-state index contributed by atoms with van der Waals surface area (Å²) in [4.78, 5) is 40.9. The van der Waals surface area contributed by atoms with Crippen LogP contribution in [-0.4, -0.2) is 41.3 Å². The van der Waals surface area contributed by atoms with Crippen LogP contribution in [0.2, 0.25) is 0 Å². The van der Waals surface area contributed by atoms with E-state index in [1.807, 2.05) is 0 Å². The second-order valence-electron chi connectivity index (χ2n) is 9.52. The smallest absolute Gasteiger partial charge is 0.444 e. The van der Waals surface area contributed by atoms with Crippen LogP contribution in [0.4, 0.5) is 9.59 Å². The Bertz CT molecular complexity index is 955. The van der Waals surface area contributed by atoms with Crippen LogP contribution in [0.3, 0.4) is 0 Å². The molecule has 0 spiro atoms. The number of carbonyl (C=O) groups excluding carboxylic acids is 3. The van der Waals surface area contributed by atoms with Gasteiger partial charge in [-0.15, -0.1) is 0 Å². The highest BCUT2D eigenvalue weighted by atomic mass is 16.7. The quantitative estimate of drug-likeness (QED) is 0.379. The molecular weight excluding hydrogens is 450 g/mol. The molecule has 0 fully saturated rings. The number of hydrogen-bond acceptors (Lipinski definition) is 7. The maximum atomic E-state index is 12.8. The predicted molar refractivity (Wildman–Crippen MR) is 131 cm³/mol. The topological polar surface area (TPSA) is 116 Å². The molecule has 0 saturated carbocycles. The van der Waals surface area contributed by atoms with Crippen LogP contribution in [0, 0.1) is 5.92 Å². The van der Waals surface area contributed by atoms with Crippen molar-refractivity contribution in [2.24, 2.45) is 5.92 Å². The van der Waals surface area contributed by atoms with Gasteiger partial charge < -0.3 is 24.8 Å². The zero-order valence-electron chi connectivity index (χ0n) is 21.0. The first-order valence-corrected chi connectivity index (χ1v) is 11.6. The van der Waals surface area contributed by atoms with Crippen LogP contribution < -0.4 is 15.4 Å². The zero-order chi connectivity index (χ0) is 25.8. The van der Waals surface area contributed by atoms with Gasteiger partial charge in [0.25, 0.3) is 0 Å². The second-order valence-corrected chi connectivity index (χ2v) is 9.52. The van der Waals surface area contributed by atoms with E-state index in [9.17, 15) is 14.4 Å². The molecule has 9 heteroatoms. The number of nitrogens with one attached hydrogen (secondary N) is 2. The fraction of sp³-hybridized carbons (Fsp3) is 0.462. The number of ether oxygens (including phenoxy) is 3. The molecule has 2 N–H and O–H groups in total. The lowest BCUT2D eigenvalue weighted by atomic mass is 10.0. The molecular formula is C26H35N3O6. The van der Waals surface area contributed by atoms with Gasteiger partial charge in [0.15, 0.2) is 0 Å². The average Bonchev–Trinajstić information content (AvgIpc) is 2.77. The van der Waals surface area contributed by atoms with Crippen LogP contribution in [0.15, 0.2) is 48.8 Å². The first kappa shape index (κ1) is 27.6. The van der Waals surface area contributed by atoms with Crippen molar-refractivity contribution >= 4 is 18.2 Å². The Kier molecular flexibility index (Phi) is 10.5. The lowest BCUT2D eigenvalue weighted by Gasteiger charge is -2.23. The molecule has 2 rings (SSSR count). The molecule has 1 atom stereocenters. The first-order valence-electron chi connectivity index (χ1n) is 11.6. The molecule has 0 saturated heterocycles. The SMILES string of the molecule is CC(C)CCNC(=O)[C@H](Cc1ccc(OC(=O)OCc2ccncc2)cc1)NC(=O)OC(C)(C)C. The number of rotatable bonds is 10. The molecule has 0 aliphatic rings. The van der Waals surface area contributed by atoms with Gasteiger partial charge in [-0.3, -0.25) is 9.78 Å². The second kappa shape index (κ2) is 13.3. The molecule has 1 heterocycles. The summed E-state index contributed by atoms with van der Waals surface area (Å²) >= 11 is 0. The average molecular weight is 486 g/mol. The third-order valence-corrected chi connectivity index (χ3v) is 4.70. The summed E-state index contributed by atoms with van der Waals surface area (Å²) in [5.74, 6) is 0.444. The number of nitrogens with zero attached hydrogens (tertiary/aromatic N) is 1. The van der Waals surface area contributed by atoms with Crippen LogP contribution in [0.1, 0.15) is 52.2 Å². The van der Waals surface area contributed by atoms with E-state index in [0.717, 1.165) is 17.5 Å². The van der Waals surface area contributed by atoms with E-state index in [2.05, 4.69) is 29.5 Å². The van der Waals surface area contributed by atoms with Gasteiger partial charge in [0.2, 0.25) is 5.91 Å². The number of pyridine rings is 1. The normalized spacial score (nSPS) is 11.9. The van der Waals surface area contributed by atoms with Crippen molar-refractivity contribution in [2.45, 2.75) is 65.7 Å². The van der Waals surface area contributed by atoms with Gasteiger partial charge in [-0.1, -0.05) is 26.0 Å².